The van der Waals surface area contributed by atoms with Crippen molar-refractivity contribution < 1.29 is 14.2 Å². The molecule has 6 nitrogen and oxygen atoms in total. The average Bonchev–Trinajstić information content (AvgIpc) is 3.24. The van der Waals surface area contributed by atoms with E-state index in [0.717, 1.165) is 31.7 Å². The van der Waals surface area contributed by atoms with Gasteiger partial charge >= 0.3 is 0 Å². The summed E-state index contributed by atoms with van der Waals surface area (Å²) in [6.07, 6.45) is 2.59. The van der Waals surface area contributed by atoms with Gasteiger partial charge in [0.15, 0.2) is 0 Å². The molecule has 24 heavy (non-hydrogen) atoms. The van der Waals surface area contributed by atoms with E-state index in [1.807, 2.05) is 42.2 Å². The van der Waals surface area contributed by atoms with Crippen molar-refractivity contribution in [3.05, 3.63) is 41.7 Å². The topological polar surface area (TPSA) is 68.5 Å². The van der Waals surface area contributed by atoms with Crippen molar-refractivity contribution in [3.63, 3.8) is 0 Å². The van der Waals surface area contributed by atoms with E-state index in [4.69, 9.17) is 4.74 Å². The maximum Gasteiger partial charge on any atom is 0.228 e. The third kappa shape index (κ3) is 3.00. The second-order valence-corrected chi connectivity index (χ2v) is 6.82. The molecule has 0 spiro atoms. The number of hydrogen-bond donors (Lipinski definition) is 0. The fraction of sp³-hybridized carbons (Fsp3) is 0.500. The lowest BCUT2D eigenvalue weighted by Gasteiger charge is -2.20. The summed E-state index contributed by atoms with van der Waals surface area (Å²) >= 11 is 0. The Bertz CT molecular complexity index is 701. The van der Waals surface area contributed by atoms with Gasteiger partial charge in [0.05, 0.1) is 12.5 Å². The number of aromatic nitrogens is 2. The van der Waals surface area contributed by atoms with Crippen molar-refractivity contribution in [1.82, 2.24) is 15.2 Å². The third-order valence-corrected chi connectivity index (χ3v) is 5.17. The fourth-order valence-corrected chi connectivity index (χ4v) is 3.90. The van der Waals surface area contributed by atoms with E-state index in [-0.39, 0.29) is 18.4 Å². The predicted molar refractivity (Wildman–Crippen MR) is 86.4 cm³/mol. The van der Waals surface area contributed by atoms with Crippen molar-refractivity contribution in [2.75, 3.05) is 13.1 Å². The number of aryl methyl sites for hydroxylation is 1. The zero-order valence-electron chi connectivity index (χ0n) is 13.7. The second-order valence-electron chi connectivity index (χ2n) is 6.82. The molecule has 4 rings (SSSR count). The number of nitrogens with zero attached hydrogens (tertiary/aromatic N) is 3. The highest BCUT2D eigenvalue weighted by Gasteiger charge is 2.43. The Morgan fingerprint density at radius 2 is 1.92 bits per heavy atom. The molecule has 2 fully saturated rings. The van der Waals surface area contributed by atoms with E-state index < -0.39 is 0 Å². The van der Waals surface area contributed by atoms with Crippen LogP contribution in [0.15, 0.2) is 35.0 Å². The van der Waals surface area contributed by atoms with E-state index in [9.17, 15) is 4.79 Å². The largest absolute Gasteiger partial charge is 0.490 e. The second kappa shape index (κ2) is 6.26. The van der Waals surface area contributed by atoms with Gasteiger partial charge < -0.3 is 9.64 Å². The van der Waals surface area contributed by atoms with Crippen molar-refractivity contribution in [3.8, 4) is 5.75 Å². The van der Waals surface area contributed by atoms with Crippen molar-refractivity contribution in [1.29, 1.82) is 0 Å². The molecule has 1 unspecified atom stereocenters. The minimum absolute atomic E-state index is 0.115. The molecule has 1 aliphatic carbocycles. The summed E-state index contributed by atoms with van der Waals surface area (Å²) in [6, 6.07) is 9.97. The van der Waals surface area contributed by atoms with Crippen LogP contribution in [0.3, 0.4) is 0 Å². The van der Waals surface area contributed by atoms with Crippen LogP contribution in [0.4, 0.5) is 0 Å². The number of hydrogen-bond acceptors (Lipinski definition) is 5. The van der Waals surface area contributed by atoms with Gasteiger partial charge in [0, 0.05) is 13.1 Å². The highest BCUT2D eigenvalue weighted by Crippen LogP contribution is 2.39. The summed E-state index contributed by atoms with van der Waals surface area (Å²) in [5.74, 6) is 2.13. The summed E-state index contributed by atoms with van der Waals surface area (Å²) < 4.78 is 10.7. The predicted octanol–water partition coefficient (Wildman–Crippen LogP) is 2.24. The number of rotatable bonds is 4. The van der Waals surface area contributed by atoms with Gasteiger partial charge in [-0.3, -0.25) is 4.79 Å². The van der Waals surface area contributed by atoms with Crippen molar-refractivity contribution in [2.45, 2.75) is 32.3 Å². The van der Waals surface area contributed by atoms with Gasteiger partial charge in [0.1, 0.15) is 17.1 Å². The molecule has 2 aliphatic rings. The molecular formula is C18H21N3O3. The van der Waals surface area contributed by atoms with Crippen molar-refractivity contribution >= 4 is 5.91 Å². The Labute approximate surface area is 140 Å². The van der Waals surface area contributed by atoms with Crippen molar-refractivity contribution in [2.24, 2.45) is 11.8 Å². The lowest BCUT2D eigenvalue weighted by atomic mass is 10.0. The number of likely N-dealkylation sites (tertiary alicyclic amines) is 1. The minimum Gasteiger partial charge on any atom is -0.490 e. The Morgan fingerprint density at radius 3 is 2.54 bits per heavy atom. The van der Waals surface area contributed by atoms with Crippen LogP contribution in [-0.4, -0.2) is 40.3 Å². The van der Waals surface area contributed by atoms with Gasteiger partial charge in [-0.15, -0.1) is 0 Å². The summed E-state index contributed by atoms with van der Waals surface area (Å²) in [4.78, 5) is 14.4. The molecule has 0 N–H and O–H groups in total. The third-order valence-electron chi connectivity index (χ3n) is 5.17. The summed E-state index contributed by atoms with van der Waals surface area (Å²) in [6.45, 7) is 3.45. The van der Waals surface area contributed by atoms with Crippen LogP contribution in [-0.2, 0) is 11.2 Å². The van der Waals surface area contributed by atoms with E-state index in [1.165, 1.54) is 0 Å². The first-order chi connectivity index (χ1) is 11.7. The quantitative estimate of drug-likeness (QED) is 0.861. The Kier molecular flexibility index (Phi) is 3.96. The van der Waals surface area contributed by atoms with E-state index >= 15 is 0 Å². The molecule has 1 aromatic heterocycles. The number of amides is 1. The summed E-state index contributed by atoms with van der Waals surface area (Å²) in [7, 11) is 0. The number of carbonyl (C=O) groups excluding carboxylic acids is 1. The molecule has 2 heterocycles. The average molecular weight is 327 g/mol. The highest BCUT2D eigenvalue weighted by molar-refractivity contribution is 5.78. The first-order valence-electron chi connectivity index (χ1n) is 8.46. The van der Waals surface area contributed by atoms with Gasteiger partial charge in [-0.1, -0.05) is 28.5 Å². The van der Waals surface area contributed by atoms with E-state index in [2.05, 4.69) is 14.9 Å². The lowest BCUT2D eigenvalue weighted by Crippen LogP contribution is -2.32. The van der Waals surface area contributed by atoms with Gasteiger partial charge in [-0.2, -0.15) is 0 Å². The smallest absolute Gasteiger partial charge is 0.228 e. The fourth-order valence-electron chi connectivity index (χ4n) is 3.90. The zero-order valence-corrected chi connectivity index (χ0v) is 13.7. The molecule has 0 radical (unpaired) electrons. The van der Waals surface area contributed by atoms with Gasteiger partial charge in [0.2, 0.25) is 5.91 Å². The maximum absolute atomic E-state index is 12.5. The Balaban J connectivity index is 1.31. The lowest BCUT2D eigenvalue weighted by molar-refractivity contribution is -0.129. The van der Waals surface area contributed by atoms with Gasteiger partial charge in [-0.05, 0) is 43.7 Å². The number of carbonyl (C=O) groups is 1. The molecule has 1 aromatic carbocycles. The van der Waals surface area contributed by atoms with E-state index in [1.54, 1.807) is 0 Å². The van der Waals surface area contributed by atoms with Gasteiger partial charge in [-0.25, -0.2) is 4.63 Å². The first-order valence-corrected chi connectivity index (χ1v) is 8.46. The summed E-state index contributed by atoms with van der Waals surface area (Å²) in [5.41, 5.74) is 1.33. The number of benzene rings is 1. The van der Waals surface area contributed by atoms with Crippen LogP contribution in [0.2, 0.25) is 0 Å². The summed E-state index contributed by atoms with van der Waals surface area (Å²) in [5, 5.41) is 7.53. The SMILES string of the molecule is Cc1nonc1CC(=O)N1C[C@H]2CC(Oc3ccccc3)C[C@H]2C1. The van der Waals surface area contributed by atoms with Gasteiger partial charge in [0.25, 0.3) is 0 Å². The molecule has 3 atom stereocenters. The van der Waals surface area contributed by atoms with Crippen LogP contribution in [0.25, 0.3) is 0 Å². The molecule has 2 aromatic rings. The standard InChI is InChI=1S/C18H21N3O3/c1-12-17(20-24-19-12)9-18(22)21-10-13-7-16(8-14(13)11-21)23-15-5-3-2-4-6-15/h2-6,13-14,16H,7-11H2,1H3/t13-,14+,16?. The molecular weight excluding hydrogens is 306 g/mol. The van der Waals surface area contributed by atoms with Crippen LogP contribution in [0, 0.1) is 18.8 Å². The van der Waals surface area contributed by atoms with Crippen LogP contribution in [0.1, 0.15) is 24.2 Å². The van der Waals surface area contributed by atoms with Crippen LogP contribution >= 0.6 is 0 Å². The monoisotopic (exact) mass is 327 g/mol. The number of para-hydroxylation sites is 1. The Morgan fingerprint density at radius 1 is 1.21 bits per heavy atom. The molecule has 1 amide bonds. The zero-order chi connectivity index (χ0) is 16.5. The van der Waals surface area contributed by atoms with Crippen LogP contribution < -0.4 is 4.74 Å². The minimum atomic E-state index is 0.115. The molecule has 1 saturated heterocycles. The normalized spacial score (nSPS) is 25.7. The van der Waals surface area contributed by atoms with Crippen LogP contribution in [0.5, 0.6) is 5.75 Å². The number of fused-ring (bicyclic) bond motifs is 1. The molecule has 0 bridgehead atoms. The Hall–Kier alpha value is -2.37. The molecule has 126 valence electrons. The molecule has 1 aliphatic heterocycles. The molecule has 1 saturated carbocycles. The first kappa shape index (κ1) is 15.2. The number of ether oxygens (including phenoxy) is 1. The van der Waals surface area contributed by atoms with E-state index in [0.29, 0.717) is 23.2 Å². The maximum atomic E-state index is 12.5. The molecule has 6 heteroatoms. The highest BCUT2D eigenvalue weighted by atomic mass is 16.6.